The van der Waals surface area contributed by atoms with E-state index in [1.807, 2.05) is 37.3 Å². The van der Waals surface area contributed by atoms with Crippen LogP contribution < -0.4 is 0 Å². The van der Waals surface area contributed by atoms with Crippen LogP contribution in [-0.2, 0) is 16.0 Å². The standard InChI is InChI=1S/C15H18O2/c1-15(10-12-6-3-2-4-7-12)9-5-8-13(11-16)14(15)17/h2-4,6-7,11,13H,5,8-10H2,1H3/t13-,15-/m1/s1. The Bertz CT molecular complexity index is 410. The molecule has 0 aliphatic heterocycles. The third-order valence-electron chi connectivity index (χ3n) is 3.78. The van der Waals surface area contributed by atoms with Gasteiger partial charge in [-0.3, -0.25) is 4.79 Å². The molecule has 1 aromatic rings. The van der Waals surface area contributed by atoms with Gasteiger partial charge in [0.05, 0.1) is 5.92 Å². The maximum atomic E-state index is 12.3. The zero-order chi connectivity index (χ0) is 12.3. The quantitative estimate of drug-likeness (QED) is 0.591. The molecule has 0 aromatic heterocycles. The highest BCUT2D eigenvalue weighted by atomic mass is 16.1. The molecule has 1 saturated carbocycles. The summed E-state index contributed by atoms with van der Waals surface area (Å²) in [6.45, 7) is 2.00. The van der Waals surface area contributed by atoms with Crippen LogP contribution in [0.4, 0.5) is 0 Å². The van der Waals surface area contributed by atoms with Crippen LogP contribution in [0.2, 0.25) is 0 Å². The van der Waals surface area contributed by atoms with E-state index in [0.29, 0.717) is 0 Å². The molecule has 0 saturated heterocycles. The van der Waals surface area contributed by atoms with E-state index in [2.05, 4.69) is 0 Å². The van der Waals surface area contributed by atoms with E-state index in [1.54, 1.807) is 0 Å². The molecule has 1 fully saturated rings. The van der Waals surface area contributed by atoms with Crippen molar-refractivity contribution in [2.24, 2.45) is 11.3 Å². The molecule has 2 heteroatoms. The minimum absolute atomic E-state index is 0.127. The van der Waals surface area contributed by atoms with E-state index in [4.69, 9.17) is 0 Å². The van der Waals surface area contributed by atoms with Crippen molar-refractivity contribution in [3.05, 3.63) is 35.9 Å². The van der Waals surface area contributed by atoms with Gasteiger partial charge in [-0.1, -0.05) is 43.7 Å². The van der Waals surface area contributed by atoms with E-state index in [9.17, 15) is 9.59 Å². The molecule has 0 spiro atoms. The average Bonchev–Trinajstić information content (AvgIpc) is 2.34. The summed E-state index contributed by atoms with van der Waals surface area (Å²) >= 11 is 0. The highest BCUT2D eigenvalue weighted by molar-refractivity contribution is 5.97. The first-order valence-corrected chi connectivity index (χ1v) is 6.19. The van der Waals surface area contributed by atoms with Gasteiger partial charge in [0.1, 0.15) is 12.1 Å². The maximum absolute atomic E-state index is 12.3. The predicted molar refractivity (Wildman–Crippen MR) is 66.7 cm³/mol. The monoisotopic (exact) mass is 230 g/mol. The van der Waals surface area contributed by atoms with E-state index in [0.717, 1.165) is 32.0 Å². The zero-order valence-electron chi connectivity index (χ0n) is 10.2. The Morgan fingerprint density at radius 1 is 1.35 bits per heavy atom. The number of carbonyl (C=O) groups is 2. The van der Waals surface area contributed by atoms with Crippen LogP contribution in [0.15, 0.2) is 30.3 Å². The van der Waals surface area contributed by atoms with Gasteiger partial charge in [0.25, 0.3) is 0 Å². The lowest BCUT2D eigenvalue weighted by atomic mass is 9.67. The predicted octanol–water partition coefficient (Wildman–Crippen LogP) is 2.80. The Labute approximate surface area is 102 Å². The molecular weight excluding hydrogens is 212 g/mol. The fraction of sp³-hybridized carbons (Fsp3) is 0.467. The molecule has 0 heterocycles. The smallest absolute Gasteiger partial charge is 0.149 e. The normalized spacial score (nSPS) is 29.0. The van der Waals surface area contributed by atoms with Crippen molar-refractivity contribution in [3.63, 3.8) is 0 Å². The first-order valence-electron chi connectivity index (χ1n) is 6.19. The van der Waals surface area contributed by atoms with Gasteiger partial charge >= 0.3 is 0 Å². The van der Waals surface area contributed by atoms with Crippen molar-refractivity contribution in [1.29, 1.82) is 0 Å². The Kier molecular flexibility index (Phi) is 3.41. The summed E-state index contributed by atoms with van der Waals surface area (Å²) in [5.41, 5.74) is 0.820. The Hall–Kier alpha value is -1.44. The molecule has 90 valence electrons. The molecule has 0 amide bonds. The second-order valence-electron chi connectivity index (χ2n) is 5.22. The molecule has 0 N–H and O–H groups in total. The van der Waals surface area contributed by atoms with Gasteiger partial charge in [-0.25, -0.2) is 0 Å². The fourth-order valence-electron chi connectivity index (χ4n) is 2.77. The van der Waals surface area contributed by atoms with Gasteiger partial charge in [0, 0.05) is 5.41 Å². The molecule has 2 rings (SSSR count). The molecule has 2 atom stereocenters. The highest BCUT2D eigenvalue weighted by Crippen LogP contribution is 2.38. The van der Waals surface area contributed by atoms with E-state index < -0.39 is 0 Å². The van der Waals surface area contributed by atoms with Crippen LogP contribution in [0.1, 0.15) is 31.7 Å². The summed E-state index contributed by atoms with van der Waals surface area (Å²) in [6.07, 6.45) is 4.16. The van der Waals surface area contributed by atoms with Crippen LogP contribution in [0.25, 0.3) is 0 Å². The van der Waals surface area contributed by atoms with Crippen molar-refractivity contribution in [1.82, 2.24) is 0 Å². The summed E-state index contributed by atoms with van der Waals surface area (Å²) in [7, 11) is 0. The first-order chi connectivity index (χ1) is 8.15. The van der Waals surface area contributed by atoms with Gasteiger partial charge in [-0.05, 0) is 24.8 Å². The number of carbonyl (C=O) groups excluding carboxylic acids is 2. The van der Waals surface area contributed by atoms with Crippen molar-refractivity contribution < 1.29 is 9.59 Å². The van der Waals surface area contributed by atoms with Crippen LogP contribution in [0, 0.1) is 11.3 Å². The van der Waals surface area contributed by atoms with E-state index in [-0.39, 0.29) is 17.1 Å². The SMILES string of the molecule is C[C@]1(Cc2ccccc2)CCC[C@H](C=O)C1=O. The second kappa shape index (κ2) is 4.82. The summed E-state index contributed by atoms with van der Waals surface area (Å²) in [6, 6.07) is 10.0. The third kappa shape index (κ3) is 2.46. The average molecular weight is 230 g/mol. The third-order valence-corrected chi connectivity index (χ3v) is 3.78. The molecule has 1 aliphatic carbocycles. The molecule has 2 nitrogen and oxygen atoms in total. The Morgan fingerprint density at radius 2 is 2.06 bits per heavy atom. The van der Waals surface area contributed by atoms with Crippen molar-refractivity contribution >= 4 is 12.1 Å². The molecule has 1 aromatic carbocycles. The van der Waals surface area contributed by atoms with Crippen LogP contribution in [0.3, 0.4) is 0 Å². The van der Waals surface area contributed by atoms with E-state index >= 15 is 0 Å². The Balaban J connectivity index is 2.18. The van der Waals surface area contributed by atoms with Crippen LogP contribution >= 0.6 is 0 Å². The van der Waals surface area contributed by atoms with Gasteiger partial charge in [-0.2, -0.15) is 0 Å². The van der Waals surface area contributed by atoms with Crippen LogP contribution in [-0.4, -0.2) is 12.1 Å². The van der Waals surface area contributed by atoms with Crippen molar-refractivity contribution in [2.45, 2.75) is 32.6 Å². The van der Waals surface area contributed by atoms with Gasteiger partial charge in [0.2, 0.25) is 0 Å². The summed E-state index contributed by atoms with van der Waals surface area (Å²) in [5, 5.41) is 0. The molecule has 0 unspecified atom stereocenters. The number of aldehydes is 1. The van der Waals surface area contributed by atoms with Crippen molar-refractivity contribution in [2.75, 3.05) is 0 Å². The minimum atomic E-state index is -0.377. The number of hydrogen-bond donors (Lipinski definition) is 0. The van der Waals surface area contributed by atoms with Gasteiger partial charge in [0.15, 0.2) is 0 Å². The van der Waals surface area contributed by atoms with Crippen molar-refractivity contribution in [3.8, 4) is 0 Å². The Morgan fingerprint density at radius 3 is 2.71 bits per heavy atom. The largest absolute Gasteiger partial charge is 0.303 e. The molecule has 1 aliphatic rings. The van der Waals surface area contributed by atoms with Gasteiger partial charge < -0.3 is 4.79 Å². The van der Waals surface area contributed by atoms with Gasteiger partial charge in [-0.15, -0.1) is 0 Å². The zero-order valence-corrected chi connectivity index (χ0v) is 10.2. The lowest BCUT2D eigenvalue weighted by Crippen LogP contribution is -2.39. The lowest BCUT2D eigenvalue weighted by molar-refractivity contribution is -0.138. The fourth-order valence-corrected chi connectivity index (χ4v) is 2.77. The number of Topliss-reactive ketones (excluding diaryl/α,β-unsaturated/α-hetero) is 1. The number of benzene rings is 1. The molecular formula is C15H18O2. The first kappa shape index (κ1) is 12.0. The number of hydrogen-bond acceptors (Lipinski definition) is 2. The second-order valence-corrected chi connectivity index (χ2v) is 5.22. The number of rotatable bonds is 3. The summed E-state index contributed by atoms with van der Waals surface area (Å²) in [5.74, 6) is -0.250. The number of ketones is 1. The maximum Gasteiger partial charge on any atom is 0.149 e. The summed E-state index contributed by atoms with van der Waals surface area (Å²) < 4.78 is 0. The van der Waals surface area contributed by atoms with E-state index in [1.165, 1.54) is 5.56 Å². The molecule has 0 bridgehead atoms. The lowest BCUT2D eigenvalue weighted by Gasteiger charge is -2.34. The minimum Gasteiger partial charge on any atom is -0.303 e. The topological polar surface area (TPSA) is 34.1 Å². The summed E-state index contributed by atoms with van der Waals surface area (Å²) in [4.78, 5) is 23.1. The molecule has 17 heavy (non-hydrogen) atoms. The molecule has 0 radical (unpaired) electrons. The van der Waals surface area contributed by atoms with Crippen LogP contribution in [0.5, 0.6) is 0 Å². The highest BCUT2D eigenvalue weighted by Gasteiger charge is 2.40.